The number of rotatable bonds is 8. The summed E-state index contributed by atoms with van der Waals surface area (Å²) in [6.45, 7) is -3.17. The number of nitrogens with one attached hydrogen (secondary N) is 1. The maximum absolute atomic E-state index is 12.9. The first kappa shape index (κ1) is 20.3. The van der Waals surface area contributed by atoms with Crippen LogP contribution >= 0.6 is 0 Å². The zero-order valence-corrected chi connectivity index (χ0v) is 15.2. The molecule has 0 fully saturated rings. The van der Waals surface area contributed by atoms with E-state index in [1.807, 2.05) is 30.3 Å². The zero-order chi connectivity index (χ0) is 20.6. The molecule has 1 N–H and O–H groups in total. The Morgan fingerprint density at radius 3 is 2.03 bits per heavy atom. The Labute approximate surface area is 165 Å². The fourth-order valence-electron chi connectivity index (χ4n) is 2.73. The summed E-state index contributed by atoms with van der Waals surface area (Å²) in [4.78, 5) is 12.4. The normalized spacial score (nSPS) is 11.7. The first-order valence-electron chi connectivity index (χ1n) is 8.79. The van der Waals surface area contributed by atoms with Gasteiger partial charge < -0.3 is 14.8 Å². The molecule has 3 rings (SSSR count). The van der Waals surface area contributed by atoms with Crippen LogP contribution in [0, 0.1) is 5.82 Å². The summed E-state index contributed by atoms with van der Waals surface area (Å²) in [5.41, 5.74) is 1.50. The van der Waals surface area contributed by atoms with Gasteiger partial charge in [0.15, 0.2) is 6.61 Å². The van der Waals surface area contributed by atoms with Crippen molar-refractivity contribution < 1.29 is 27.4 Å². The fraction of sp³-hybridized carbons (Fsp3) is 0.136. The Balaban J connectivity index is 1.72. The van der Waals surface area contributed by atoms with Gasteiger partial charge in [-0.25, -0.2) is 4.39 Å². The molecule has 4 nitrogen and oxygen atoms in total. The molecule has 0 spiro atoms. The van der Waals surface area contributed by atoms with Crippen LogP contribution in [0.1, 0.15) is 17.2 Å². The molecule has 1 amide bonds. The van der Waals surface area contributed by atoms with Crippen LogP contribution in [0.2, 0.25) is 0 Å². The van der Waals surface area contributed by atoms with Crippen molar-refractivity contribution in [1.82, 2.24) is 5.32 Å². The lowest BCUT2D eigenvalue weighted by molar-refractivity contribution is -0.123. The Bertz CT molecular complexity index is 916. The third-order valence-corrected chi connectivity index (χ3v) is 4.06. The van der Waals surface area contributed by atoms with Crippen molar-refractivity contribution in [2.75, 3.05) is 6.61 Å². The molecule has 3 aromatic carbocycles. The van der Waals surface area contributed by atoms with Gasteiger partial charge in [0, 0.05) is 0 Å². The zero-order valence-electron chi connectivity index (χ0n) is 15.2. The lowest BCUT2D eigenvalue weighted by atomic mass is 9.98. The number of carbonyl (C=O) groups is 1. The summed E-state index contributed by atoms with van der Waals surface area (Å²) in [6, 6.07) is 20.1. The van der Waals surface area contributed by atoms with Crippen molar-refractivity contribution in [3.05, 3.63) is 95.8 Å². The second-order valence-corrected chi connectivity index (χ2v) is 6.10. The molecule has 0 saturated carbocycles. The Morgan fingerprint density at radius 1 is 0.828 bits per heavy atom. The van der Waals surface area contributed by atoms with E-state index in [0.29, 0.717) is 11.3 Å². The summed E-state index contributed by atoms with van der Waals surface area (Å²) in [6.07, 6.45) is 0. The predicted octanol–water partition coefficient (Wildman–Crippen LogP) is 4.71. The number of halogens is 3. The number of ether oxygens (including phenoxy) is 2. The van der Waals surface area contributed by atoms with Gasteiger partial charge in [0.25, 0.3) is 5.91 Å². The average molecular weight is 401 g/mol. The summed E-state index contributed by atoms with van der Waals surface area (Å²) >= 11 is 0. The topological polar surface area (TPSA) is 47.6 Å². The summed E-state index contributed by atoms with van der Waals surface area (Å²) in [5, 5.41) is 2.86. The molecule has 1 atom stereocenters. The molecule has 7 heteroatoms. The van der Waals surface area contributed by atoms with Crippen LogP contribution in [0.3, 0.4) is 0 Å². The molecule has 0 aliphatic rings. The highest BCUT2D eigenvalue weighted by Crippen LogP contribution is 2.25. The Morgan fingerprint density at radius 2 is 1.41 bits per heavy atom. The Hall–Kier alpha value is -3.48. The fourth-order valence-corrected chi connectivity index (χ4v) is 2.73. The highest BCUT2D eigenvalue weighted by Gasteiger charge is 2.17. The number of hydrogen-bond donors (Lipinski definition) is 1. The van der Waals surface area contributed by atoms with Crippen LogP contribution in [-0.2, 0) is 4.79 Å². The van der Waals surface area contributed by atoms with E-state index in [2.05, 4.69) is 10.1 Å². The number of carbonyl (C=O) groups excluding carboxylic acids is 1. The van der Waals surface area contributed by atoms with E-state index in [9.17, 15) is 18.0 Å². The minimum absolute atomic E-state index is 0.0292. The number of amides is 1. The van der Waals surface area contributed by atoms with Gasteiger partial charge in [-0.1, -0.05) is 42.5 Å². The highest BCUT2D eigenvalue weighted by atomic mass is 19.3. The van der Waals surface area contributed by atoms with E-state index in [-0.39, 0.29) is 12.4 Å². The van der Waals surface area contributed by atoms with Crippen LogP contribution in [0.4, 0.5) is 13.2 Å². The SMILES string of the molecule is O=C(COc1ccc(F)cc1)NC(c1ccccc1)c1ccc(OC(F)F)cc1. The molecule has 0 aliphatic carbocycles. The second kappa shape index (κ2) is 9.64. The average Bonchev–Trinajstić information content (AvgIpc) is 2.72. The third kappa shape index (κ3) is 6.00. The lowest BCUT2D eigenvalue weighted by Crippen LogP contribution is -2.33. The van der Waals surface area contributed by atoms with E-state index < -0.39 is 24.4 Å². The van der Waals surface area contributed by atoms with Gasteiger partial charge in [0.2, 0.25) is 0 Å². The maximum Gasteiger partial charge on any atom is 0.387 e. The number of benzene rings is 3. The Kier molecular flexibility index (Phi) is 6.73. The van der Waals surface area contributed by atoms with Gasteiger partial charge >= 0.3 is 6.61 Å². The van der Waals surface area contributed by atoms with E-state index in [0.717, 1.165) is 5.56 Å². The van der Waals surface area contributed by atoms with Gasteiger partial charge in [-0.15, -0.1) is 0 Å². The standard InChI is InChI=1S/C22H18F3NO3/c23-17-8-12-18(13-9-17)28-14-20(27)26-21(15-4-2-1-3-5-15)16-6-10-19(11-7-16)29-22(24)25/h1-13,21-22H,14H2,(H,26,27). The molecule has 150 valence electrons. The first-order chi connectivity index (χ1) is 14.0. The molecular formula is C22H18F3NO3. The molecular weight excluding hydrogens is 383 g/mol. The number of alkyl halides is 2. The quantitative estimate of drug-likeness (QED) is 0.595. The third-order valence-electron chi connectivity index (χ3n) is 4.06. The van der Waals surface area contributed by atoms with Crippen LogP contribution in [0.15, 0.2) is 78.9 Å². The molecule has 29 heavy (non-hydrogen) atoms. The molecule has 3 aromatic rings. The molecule has 0 aromatic heterocycles. The van der Waals surface area contributed by atoms with Gasteiger partial charge in [0.1, 0.15) is 17.3 Å². The van der Waals surface area contributed by atoms with Gasteiger partial charge in [0.05, 0.1) is 6.04 Å². The smallest absolute Gasteiger partial charge is 0.387 e. The molecule has 0 heterocycles. The van der Waals surface area contributed by atoms with Crippen molar-refractivity contribution in [3.63, 3.8) is 0 Å². The molecule has 0 bridgehead atoms. The van der Waals surface area contributed by atoms with Crippen LogP contribution in [0.5, 0.6) is 11.5 Å². The predicted molar refractivity (Wildman–Crippen MR) is 101 cm³/mol. The van der Waals surface area contributed by atoms with Crippen molar-refractivity contribution >= 4 is 5.91 Å². The minimum Gasteiger partial charge on any atom is -0.484 e. The van der Waals surface area contributed by atoms with E-state index in [4.69, 9.17) is 4.74 Å². The molecule has 1 unspecified atom stereocenters. The van der Waals surface area contributed by atoms with E-state index in [1.165, 1.54) is 36.4 Å². The first-order valence-corrected chi connectivity index (χ1v) is 8.79. The summed E-state index contributed by atoms with van der Waals surface area (Å²) in [5.74, 6) is -0.394. The lowest BCUT2D eigenvalue weighted by Gasteiger charge is -2.20. The van der Waals surface area contributed by atoms with E-state index >= 15 is 0 Å². The summed E-state index contributed by atoms with van der Waals surface area (Å²) in [7, 11) is 0. The number of hydrogen-bond acceptors (Lipinski definition) is 3. The summed E-state index contributed by atoms with van der Waals surface area (Å²) < 4.78 is 47.4. The van der Waals surface area contributed by atoms with E-state index in [1.54, 1.807) is 12.1 Å². The molecule has 0 radical (unpaired) electrons. The maximum atomic E-state index is 12.9. The van der Waals surface area contributed by atoms with Gasteiger partial charge in [-0.3, -0.25) is 4.79 Å². The monoisotopic (exact) mass is 401 g/mol. The van der Waals surface area contributed by atoms with Crippen LogP contribution in [-0.4, -0.2) is 19.1 Å². The molecule has 0 aliphatic heterocycles. The largest absolute Gasteiger partial charge is 0.484 e. The van der Waals surface area contributed by atoms with Gasteiger partial charge in [-0.05, 0) is 47.5 Å². The van der Waals surface area contributed by atoms with Crippen LogP contribution in [0.25, 0.3) is 0 Å². The van der Waals surface area contributed by atoms with Crippen molar-refractivity contribution in [2.45, 2.75) is 12.7 Å². The van der Waals surface area contributed by atoms with Crippen molar-refractivity contribution in [1.29, 1.82) is 0 Å². The minimum atomic E-state index is -2.91. The van der Waals surface area contributed by atoms with Crippen molar-refractivity contribution in [3.8, 4) is 11.5 Å². The molecule has 0 saturated heterocycles. The van der Waals surface area contributed by atoms with Crippen molar-refractivity contribution in [2.24, 2.45) is 0 Å². The van der Waals surface area contributed by atoms with Crippen LogP contribution < -0.4 is 14.8 Å². The second-order valence-electron chi connectivity index (χ2n) is 6.10. The van der Waals surface area contributed by atoms with Gasteiger partial charge in [-0.2, -0.15) is 8.78 Å². The highest BCUT2D eigenvalue weighted by molar-refractivity contribution is 5.78.